The first-order valence-electron chi connectivity index (χ1n) is 21.0. The first kappa shape index (κ1) is 46.0. The van der Waals surface area contributed by atoms with E-state index in [4.69, 9.17) is 18.9 Å². The Bertz CT molecular complexity index is 2280. The van der Waals surface area contributed by atoms with Crippen LogP contribution in [-0.2, 0) is 32.3 Å². The molecular weight excluding hydrogens is 829 g/mol. The molecule has 2 atom stereocenters. The number of amides is 8. The average Bonchev–Trinajstić information content (AvgIpc) is 3.30. The molecule has 8 amide bonds. The molecule has 4 aromatic rings. The molecule has 0 saturated carbocycles. The summed E-state index contributed by atoms with van der Waals surface area (Å²) in [5.74, 6) is -5.13. The number of ether oxygens (including phenoxy) is 4. The minimum Gasteiger partial charge on any atom is -0.493 e. The second-order valence-corrected chi connectivity index (χ2v) is 14.7. The van der Waals surface area contributed by atoms with Gasteiger partial charge in [-0.05, 0) is 62.8 Å². The van der Waals surface area contributed by atoms with Gasteiger partial charge in [-0.15, -0.1) is 0 Å². The smallest absolute Gasteiger partial charge is 0.407 e. The topological polar surface area (TPSA) is 228 Å². The average molecular weight is 879 g/mol. The van der Waals surface area contributed by atoms with Crippen molar-refractivity contribution >= 4 is 58.4 Å². The molecule has 0 aromatic heterocycles. The van der Waals surface area contributed by atoms with Crippen LogP contribution in [0.3, 0.4) is 0 Å². The maximum atomic E-state index is 14.7. The molecule has 0 radical (unpaired) electrons. The van der Waals surface area contributed by atoms with Gasteiger partial charge in [0.05, 0.1) is 35.5 Å². The lowest BCUT2D eigenvalue weighted by molar-refractivity contribution is -0.125. The van der Waals surface area contributed by atoms with Gasteiger partial charge in [0, 0.05) is 38.0 Å². The number of imide groups is 2. The second kappa shape index (κ2) is 21.0. The fourth-order valence-electron chi connectivity index (χ4n) is 7.75. The number of carbonyl (C=O) groups is 8. The fraction of sp³-hybridized carbons (Fsp3) is 0.348. The van der Waals surface area contributed by atoms with E-state index in [0.29, 0.717) is 0 Å². The molecule has 0 aliphatic carbocycles. The van der Waals surface area contributed by atoms with Crippen LogP contribution in [0.25, 0.3) is 10.8 Å². The molecule has 6 rings (SSSR count). The van der Waals surface area contributed by atoms with Crippen LogP contribution in [0.4, 0.5) is 9.59 Å². The molecule has 4 aromatic carbocycles. The Morgan fingerprint density at radius 3 is 1.28 bits per heavy atom. The number of benzene rings is 4. The van der Waals surface area contributed by atoms with E-state index >= 15 is 0 Å². The van der Waals surface area contributed by atoms with Crippen molar-refractivity contribution in [3.05, 3.63) is 106 Å². The molecule has 0 bridgehead atoms. The van der Waals surface area contributed by atoms with Crippen molar-refractivity contribution < 1.29 is 57.3 Å². The molecule has 336 valence electrons. The first-order chi connectivity index (χ1) is 30.9. The Balaban J connectivity index is 1.28. The number of rotatable bonds is 20. The largest absolute Gasteiger partial charge is 0.493 e. The van der Waals surface area contributed by atoms with E-state index in [1.807, 2.05) is 36.4 Å². The lowest BCUT2D eigenvalue weighted by atomic mass is 9.83. The van der Waals surface area contributed by atoms with E-state index in [0.717, 1.165) is 20.9 Å². The highest BCUT2D eigenvalue weighted by molar-refractivity contribution is 6.35. The van der Waals surface area contributed by atoms with Gasteiger partial charge in [-0.25, -0.2) is 9.59 Å². The van der Waals surface area contributed by atoms with Gasteiger partial charge in [0.25, 0.3) is 23.6 Å². The standard InChI is InChI=1S/C46H50N6O12/c1-5-61-33-23-29-36-35-30(42(56)51(43(57)37(33)35)31(39(53)47-3)19-13-21-49-45(59)63-25-27-15-9-7-10-16-27)24-34(62-6-2)38(36)44(58)52(41(29)55)32(40(54)48-4)20-14-22-50-46(60)64-26-28-17-11-8-12-18-28/h7-12,15-18,23-24,31-32H,5-6,13-14,19-22,25-26H2,1-4H3,(H,47,53)(H,48,54)(H,49,59)(H,50,60)/t31-,32-/m1/s1. The molecule has 64 heavy (non-hydrogen) atoms. The molecule has 18 nitrogen and oxygen atoms in total. The van der Waals surface area contributed by atoms with E-state index in [-0.39, 0.29) is 110 Å². The third kappa shape index (κ3) is 9.75. The van der Waals surface area contributed by atoms with E-state index < -0.39 is 59.7 Å². The van der Waals surface area contributed by atoms with Gasteiger partial charge < -0.3 is 40.2 Å². The first-order valence-corrected chi connectivity index (χ1v) is 21.0. The minimum atomic E-state index is -1.36. The zero-order valence-corrected chi connectivity index (χ0v) is 35.9. The summed E-state index contributed by atoms with van der Waals surface area (Å²) in [6, 6.07) is 18.0. The van der Waals surface area contributed by atoms with Crippen LogP contribution in [-0.4, -0.2) is 110 Å². The number of nitrogens with one attached hydrogen (secondary N) is 4. The highest BCUT2D eigenvalue weighted by Gasteiger charge is 2.48. The third-order valence-corrected chi connectivity index (χ3v) is 10.7. The Kier molecular flexibility index (Phi) is 15.1. The van der Waals surface area contributed by atoms with Crippen molar-refractivity contribution in [2.45, 2.75) is 64.8 Å². The van der Waals surface area contributed by atoms with Crippen molar-refractivity contribution in [1.82, 2.24) is 31.1 Å². The normalized spacial score (nSPS) is 13.8. The molecule has 0 fully saturated rings. The molecular formula is C46H50N6O12. The predicted octanol–water partition coefficient (Wildman–Crippen LogP) is 4.47. The maximum absolute atomic E-state index is 14.7. The zero-order valence-electron chi connectivity index (χ0n) is 35.9. The molecule has 0 unspecified atom stereocenters. The highest BCUT2D eigenvalue weighted by atomic mass is 16.6. The molecule has 4 N–H and O–H groups in total. The van der Waals surface area contributed by atoms with Gasteiger partial charge in [-0.2, -0.15) is 0 Å². The Morgan fingerprint density at radius 1 is 0.562 bits per heavy atom. The van der Waals surface area contributed by atoms with Gasteiger partial charge in [-0.3, -0.25) is 38.6 Å². The molecule has 0 spiro atoms. The van der Waals surface area contributed by atoms with Gasteiger partial charge >= 0.3 is 12.2 Å². The van der Waals surface area contributed by atoms with E-state index in [2.05, 4.69) is 21.3 Å². The van der Waals surface area contributed by atoms with Crippen LogP contribution >= 0.6 is 0 Å². The fourth-order valence-corrected chi connectivity index (χ4v) is 7.75. The summed E-state index contributed by atoms with van der Waals surface area (Å²) >= 11 is 0. The number of hydrogen-bond donors (Lipinski definition) is 4. The second-order valence-electron chi connectivity index (χ2n) is 14.7. The van der Waals surface area contributed by atoms with E-state index in [1.165, 1.54) is 26.2 Å². The highest BCUT2D eigenvalue weighted by Crippen LogP contribution is 2.46. The number of likely N-dealkylation sites (N-methyl/N-ethyl adjacent to an activating group) is 2. The summed E-state index contributed by atoms with van der Waals surface area (Å²) in [6.07, 6.45) is -1.21. The van der Waals surface area contributed by atoms with Gasteiger partial charge in [0.15, 0.2) is 0 Å². The van der Waals surface area contributed by atoms with E-state index in [9.17, 15) is 38.4 Å². The van der Waals surface area contributed by atoms with Crippen LogP contribution in [0.5, 0.6) is 11.5 Å². The summed E-state index contributed by atoms with van der Waals surface area (Å²) in [5, 5.41) is 10.2. The molecule has 2 aliphatic heterocycles. The lowest BCUT2D eigenvalue weighted by Gasteiger charge is -2.37. The van der Waals surface area contributed by atoms with E-state index in [1.54, 1.807) is 38.1 Å². The lowest BCUT2D eigenvalue weighted by Crippen LogP contribution is -2.55. The SMILES string of the molecule is CCOc1cc2c3c(c(OCC)cc4c3c1C(=O)N([C@H](CCCNC(=O)OCc1ccccc1)C(=O)NC)C4=O)C(=O)N([C@H](CCCNC(=O)OCc1ccccc1)C(=O)NC)C2=O. The van der Waals surface area contributed by atoms with Crippen LogP contribution in [0, 0.1) is 0 Å². The molecule has 2 aliphatic rings. The molecule has 18 heteroatoms. The maximum Gasteiger partial charge on any atom is 0.407 e. The summed E-state index contributed by atoms with van der Waals surface area (Å²) < 4.78 is 22.4. The summed E-state index contributed by atoms with van der Waals surface area (Å²) in [7, 11) is 2.72. The number of alkyl carbamates (subject to hydrolysis) is 2. The van der Waals surface area contributed by atoms with Gasteiger partial charge in [0.2, 0.25) is 11.8 Å². The number of hydrogen-bond acceptors (Lipinski definition) is 12. The summed E-state index contributed by atoms with van der Waals surface area (Å²) in [4.78, 5) is 112. The van der Waals surface area contributed by atoms with Gasteiger partial charge in [0.1, 0.15) is 36.8 Å². The molecule has 0 saturated heterocycles. The van der Waals surface area contributed by atoms with Crippen LogP contribution in [0.15, 0.2) is 72.8 Å². The van der Waals surface area contributed by atoms with Crippen molar-refractivity contribution in [2.75, 3.05) is 40.4 Å². The summed E-state index contributed by atoms with van der Waals surface area (Å²) in [5.41, 5.74) is 1.02. The quantitative estimate of drug-likeness (QED) is 0.0713. The Hall–Kier alpha value is -7.50. The Labute approximate surface area is 368 Å². The van der Waals surface area contributed by atoms with Crippen LogP contribution in [0.2, 0.25) is 0 Å². The Morgan fingerprint density at radius 2 is 0.938 bits per heavy atom. The van der Waals surface area contributed by atoms with Crippen molar-refractivity contribution in [3.8, 4) is 11.5 Å². The van der Waals surface area contributed by atoms with Crippen molar-refractivity contribution in [1.29, 1.82) is 0 Å². The predicted molar refractivity (Wildman–Crippen MR) is 231 cm³/mol. The molecule has 2 heterocycles. The number of nitrogens with zero attached hydrogens (tertiary/aromatic N) is 2. The zero-order chi connectivity index (χ0) is 45.9. The van der Waals surface area contributed by atoms with Gasteiger partial charge in [-0.1, -0.05) is 60.7 Å². The minimum absolute atomic E-state index is 0.0157. The summed E-state index contributed by atoms with van der Waals surface area (Å²) in [6.45, 7) is 3.51. The van der Waals surface area contributed by atoms with Crippen molar-refractivity contribution in [2.24, 2.45) is 0 Å². The third-order valence-electron chi connectivity index (χ3n) is 10.7. The monoisotopic (exact) mass is 878 g/mol. The number of carbonyl (C=O) groups excluding carboxylic acids is 8. The van der Waals surface area contributed by atoms with Crippen LogP contribution in [0.1, 0.15) is 92.1 Å². The van der Waals surface area contributed by atoms with Crippen LogP contribution < -0.4 is 30.7 Å². The van der Waals surface area contributed by atoms with Crippen molar-refractivity contribution in [3.63, 3.8) is 0 Å².